The van der Waals surface area contributed by atoms with Crippen molar-refractivity contribution >= 4 is 11.7 Å². The molecule has 3 aromatic rings. The molecule has 3 heterocycles. The summed E-state index contributed by atoms with van der Waals surface area (Å²) < 4.78 is 1.73. The smallest absolute Gasteiger partial charge is 0.252 e. The van der Waals surface area contributed by atoms with Crippen LogP contribution in [0, 0.1) is 13.8 Å². The third kappa shape index (κ3) is 3.30. The van der Waals surface area contributed by atoms with Crippen LogP contribution in [0.2, 0.25) is 0 Å². The fraction of sp³-hybridized carbons (Fsp3) is 0.400. The van der Waals surface area contributed by atoms with Crippen LogP contribution in [0.25, 0.3) is 5.78 Å². The molecule has 0 unspecified atom stereocenters. The average molecular weight is 364 g/mol. The summed E-state index contributed by atoms with van der Waals surface area (Å²) in [5, 5.41) is 4.21. The minimum atomic E-state index is -0.0204. The maximum absolute atomic E-state index is 12.8. The summed E-state index contributed by atoms with van der Waals surface area (Å²) in [6, 6.07) is 10.2. The van der Waals surface area contributed by atoms with Gasteiger partial charge >= 0.3 is 0 Å². The van der Waals surface area contributed by atoms with Gasteiger partial charge in [-0.3, -0.25) is 4.79 Å². The Labute approximate surface area is 158 Å². The van der Waals surface area contributed by atoms with E-state index in [1.54, 1.807) is 4.52 Å². The number of carbonyl (C=O) groups excluding carboxylic acids is 1. The molecule has 2 N–H and O–H groups in total. The molecule has 0 aliphatic carbocycles. The van der Waals surface area contributed by atoms with E-state index in [9.17, 15) is 4.79 Å². The van der Waals surface area contributed by atoms with Crippen molar-refractivity contribution in [2.75, 3.05) is 13.1 Å². The molecule has 0 bridgehead atoms. The first-order valence-corrected chi connectivity index (χ1v) is 9.28. The number of nitrogens with two attached hydrogens (primary N) is 1. The first kappa shape index (κ1) is 17.6. The highest BCUT2D eigenvalue weighted by atomic mass is 16.2. The van der Waals surface area contributed by atoms with E-state index in [0.29, 0.717) is 31.7 Å². The lowest BCUT2D eigenvalue weighted by atomic mass is 9.95. The first-order valence-electron chi connectivity index (χ1n) is 9.28. The third-order valence-electron chi connectivity index (χ3n) is 5.52. The Morgan fingerprint density at radius 1 is 1.22 bits per heavy atom. The molecule has 0 spiro atoms. The molecule has 1 aliphatic rings. The molecule has 1 aromatic carbocycles. The number of hydrogen-bond acceptors (Lipinski definition) is 5. The number of aromatic nitrogens is 4. The summed E-state index contributed by atoms with van der Waals surface area (Å²) >= 11 is 0. The number of rotatable bonds is 4. The van der Waals surface area contributed by atoms with Crippen molar-refractivity contribution in [2.24, 2.45) is 5.73 Å². The van der Waals surface area contributed by atoms with Crippen LogP contribution >= 0.6 is 0 Å². The Balaban J connectivity index is 1.45. The van der Waals surface area contributed by atoms with Crippen molar-refractivity contribution < 1.29 is 4.79 Å². The molecule has 7 heteroatoms. The van der Waals surface area contributed by atoms with Crippen molar-refractivity contribution in [3.05, 3.63) is 59.2 Å². The Morgan fingerprint density at radius 2 is 2.00 bits per heavy atom. The molecular weight excluding hydrogens is 340 g/mol. The van der Waals surface area contributed by atoms with Crippen molar-refractivity contribution in [1.29, 1.82) is 0 Å². The van der Waals surface area contributed by atoms with E-state index in [2.05, 4.69) is 27.2 Å². The first-order chi connectivity index (χ1) is 13.0. The zero-order valence-electron chi connectivity index (χ0n) is 15.7. The molecule has 140 valence electrons. The van der Waals surface area contributed by atoms with Crippen molar-refractivity contribution in [2.45, 2.75) is 38.6 Å². The number of carbonyl (C=O) groups is 1. The van der Waals surface area contributed by atoms with Crippen LogP contribution in [-0.4, -0.2) is 49.5 Å². The molecule has 0 radical (unpaired) electrons. The van der Waals surface area contributed by atoms with Crippen LogP contribution in [-0.2, 0) is 11.2 Å². The SMILES string of the molecule is Cc1nc2ncnn2c(C)c1CCC(=O)N1C[C@@H](N)[C@H](c2ccccc2)C1. The van der Waals surface area contributed by atoms with E-state index in [0.717, 1.165) is 17.0 Å². The quantitative estimate of drug-likeness (QED) is 0.760. The highest BCUT2D eigenvalue weighted by molar-refractivity contribution is 5.77. The summed E-state index contributed by atoms with van der Waals surface area (Å²) in [4.78, 5) is 23.3. The molecule has 7 nitrogen and oxygen atoms in total. The van der Waals surface area contributed by atoms with Crippen LogP contribution in [0.3, 0.4) is 0 Å². The topological polar surface area (TPSA) is 89.4 Å². The molecular formula is C20H24N6O. The van der Waals surface area contributed by atoms with Crippen molar-refractivity contribution in [3.8, 4) is 0 Å². The summed E-state index contributed by atoms with van der Waals surface area (Å²) in [5.74, 6) is 0.935. The Morgan fingerprint density at radius 3 is 2.78 bits per heavy atom. The summed E-state index contributed by atoms with van der Waals surface area (Å²) in [6.07, 6.45) is 2.58. The van der Waals surface area contributed by atoms with Crippen LogP contribution in [0.15, 0.2) is 36.7 Å². The molecule has 1 amide bonds. The second kappa shape index (κ2) is 7.08. The number of hydrogen-bond donors (Lipinski definition) is 1. The van der Waals surface area contributed by atoms with E-state index < -0.39 is 0 Å². The maximum atomic E-state index is 12.8. The molecule has 1 aliphatic heterocycles. The molecule has 1 saturated heterocycles. The van der Waals surface area contributed by atoms with Gasteiger partial charge < -0.3 is 10.6 Å². The number of nitrogens with zero attached hydrogens (tertiary/aromatic N) is 5. The Kier molecular flexibility index (Phi) is 4.61. The zero-order chi connectivity index (χ0) is 19.0. The van der Waals surface area contributed by atoms with Gasteiger partial charge in [-0.05, 0) is 31.4 Å². The second-order valence-electron chi connectivity index (χ2n) is 7.21. The normalized spacial score (nSPS) is 19.7. The van der Waals surface area contributed by atoms with Gasteiger partial charge in [-0.25, -0.2) is 9.50 Å². The number of benzene rings is 1. The largest absolute Gasteiger partial charge is 0.340 e. The molecule has 27 heavy (non-hydrogen) atoms. The van der Waals surface area contributed by atoms with Crippen LogP contribution in [0.4, 0.5) is 0 Å². The highest BCUT2D eigenvalue weighted by Crippen LogP contribution is 2.27. The standard InChI is InChI=1S/C20H24N6O/c1-13-16(14(2)26-20(24-13)22-12-23-26)8-9-19(27)25-10-17(18(21)11-25)15-6-4-3-5-7-15/h3-7,12,17-18H,8-11,21H2,1-2H3/t17-,18+/m0/s1. The van der Waals surface area contributed by atoms with Gasteiger partial charge in [0.05, 0.1) is 0 Å². The van der Waals surface area contributed by atoms with Gasteiger partial charge in [0.25, 0.3) is 5.78 Å². The lowest BCUT2D eigenvalue weighted by Gasteiger charge is -2.17. The van der Waals surface area contributed by atoms with Gasteiger partial charge in [-0.1, -0.05) is 30.3 Å². The van der Waals surface area contributed by atoms with Crippen molar-refractivity contribution in [1.82, 2.24) is 24.5 Å². The number of fused-ring (bicyclic) bond motifs is 1. The van der Waals surface area contributed by atoms with E-state index in [4.69, 9.17) is 5.73 Å². The minimum Gasteiger partial charge on any atom is -0.340 e. The van der Waals surface area contributed by atoms with Gasteiger partial charge in [0.2, 0.25) is 5.91 Å². The summed E-state index contributed by atoms with van der Waals surface area (Å²) in [7, 11) is 0. The Bertz CT molecular complexity index is 967. The predicted octanol–water partition coefficient (Wildman–Crippen LogP) is 1.63. The van der Waals surface area contributed by atoms with Gasteiger partial charge in [0.15, 0.2) is 0 Å². The van der Waals surface area contributed by atoms with E-state index in [-0.39, 0.29) is 17.9 Å². The van der Waals surface area contributed by atoms with Crippen molar-refractivity contribution in [3.63, 3.8) is 0 Å². The second-order valence-corrected chi connectivity index (χ2v) is 7.21. The molecule has 4 rings (SSSR count). The van der Waals surface area contributed by atoms with Crippen LogP contribution in [0.1, 0.15) is 34.9 Å². The lowest BCUT2D eigenvalue weighted by Crippen LogP contribution is -2.32. The molecule has 0 saturated carbocycles. The summed E-state index contributed by atoms with van der Waals surface area (Å²) in [6.45, 7) is 5.24. The fourth-order valence-corrected chi connectivity index (χ4v) is 3.99. The van der Waals surface area contributed by atoms with Crippen LogP contribution < -0.4 is 5.73 Å². The summed E-state index contributed by atoms with van der Waals surface area (Å²) in [5.41, 5.74) is 10.5. The van der Waals surface area contributed by atoms with Gasteiger partial charge in [-0.15, -0.1) is 0 Å². The lowest BCUT2D eigenvalue weighted by molar-refractivity contribution is -0.130. The number of aryl methyl sites for hydroxylation is 2. The Hall–Kier alpha value is -2.80. The van der Waals surface area contributed by atoms with E-state index in [1.165, 1.54) is 11.9 Å². The molecule has 2 aromatic heterocycles. The third-order valence-corrected chi connectivity index (χ3v) is 5.52. The van der Waals surface area contributed by atoms with Crippen LogP contribution in [0.5, 0.6) is 0 Å². The van der Waals surface area contributed by atoms with E-state index >= 15 is 0 Å². The molecule has 2 atom stereocenters. The number of likely N-dealkylation sites (tertiary alicyclic amines) is 1. The fourth-order valence-electron chi connectivity index (χ4n) is 3.99. The predicted molar refractivity (Wildman–Crippen MR) is 102 cm³/mol. The van der Waals surface area contributed by atoms with Gasteiger partial charge in [0.1, 0.15) is 6.33 Å². The zero-order valence-corrected chi connectivity index (χ0v) is 15.7. The average Bonchev–Trinajstić information content (AvgIpc) is 3.28. The minimum absolute atomic E-state index is 0.0204. The highest BCUT2D eigenvalue weighted by Gasteiger charge is 2.33. The maximum Gasteiger partial charge on any atom is 0.252 e. The number of amides is 1. The molecule has 1 fully saturated rings. The van der Waals surface area contributed by atoms with E-state index in [1.807, 2.05) is 36.9 Å². The monoisotopic (exact) mass is 364 g/mol. The van der Waals surface area contributed by atoms with Gasteiger partial charge in [-0.2, -0.15) is 10.1 Å². The van der Waals surface area contributed by atoms with Gasteiger partial charge in [0, 0.05) is 42.9 Å².